The summed E-state index contributed by atoms with van der Waals surface area (Å²) in [5.41, 5.74) is 13.1. The average molecular weight is 389 g/mol. The van der Waals surface area contributed by atoms with Gasteiger partial charge in [0.1, 0.15) is 17.4 Å². The molecule has 2 aliphatic heterocycles. The summed E-state index contributed by atoms with van der Waals surface area (Å²) >= 11 is 0. The molecule has 0 saturated carbocycles. The van der Waals surface area contributed by atoms with Gasteiger partial charge in [0, 0.05) is 24.6 Å². The van der Waals surface area contributed by atoms with Crippen LogP contribution in [0.5, 0.6) is 0 Å². The van der Waals surface area contributed by atoms with E-state index in [-0.39, 0.29) is 17.7 Å². The lowest BCUT2D eigenvalue weighted by Gasteiger charge is -2.30. The van der Waals surface area contributed by atoms with Crippen molar-refractivity contribution in [2.45, 2.75) is 40.5 Å². The zero-order valence-corrected chi connectivity index (χ0v) is 17.3. The summed E-state index contributed by atoms with van der Waals surface area (Å²) in [6, 6.07) is 0. The highest BCUT2D eigenvalue weighted by atomic mass is 16.5. The summed E-state index contributed by atoms with van der Waals surface area (Å²) in [7, 11) is 1.43. The van der Waals surface area contributed by atoms with Crippen LogP contribution in [0.3, 0.4) is 0 Å². The van der Waals surface area contributed by atoms with E-state index in [0.717, 1.165) is 36.9 Å². The number of nitrogens with zero attached hydrogens (tertiary/aromatic N) is 3. The van der Waals surface area contributed by atoms with Crippen molar-refractivity contribution in [2.75, 3.05) is 13.7 Å². The molecule has 0 spiro atoms. The Balaban J connectivity index is 2.28. The predicted octanol–water partition coefficient (Wildman–Crippen LogP) is 1.95. The third-order valence-corrected chi connectivity index (χ3v) is 4.61. The Morgan fingerprint density at radius 1 is 1.39 bits per heavy atom. The van der Waals surface area contributed by atoms with Crippen LogP contribution in [0, 0.1) is 17.2 Å². The van der Waals surface area contributed by atoms with Gasteiger partial charge < -0.3 is 15.8 Å². The van der Waals surface area contributed by atoms with Crippen molar-refractivity contribution in [3.05, 3.63) is 35.6 Å². The standard InChI is InChI=1S/C19H32N8O/c1-6-13(7-2)11-22-17-10-14(23-15(20)8-9-16(21)28-5)19-25-24-18(12(3)4)27(19)26-17/h8-10,12-13,21-22,25-26H,6-7,11H2,1-5H3,(H2,20,23)/b9-8-,21-16?. The molecule has 0 unspecified atom stereocenters. The molecule has 154 valence electrons. The highest BCUT2D eigenvalue weighted by molar-refractivity contribution is 5.98. The highest BCUT2D eigenvalue weighted by Gasteiger charge is 2.31. The minimum Gasteiger partial charge on any atom is -0.481 e. The number of hydrogen-bond donors (Lipinski definition) is 5. The lowest BCUT2D eigenvalue weighted by molar-refractivity contribution is 0.363. The molecule has 0 aromatic carbocycles. The lowest BCUT2D eigenvalue weighted by atomic mass is 10.0. The van der Waals surface area contributed by atoms with Crippen molar-refractivity contribution < 1.29 is 4.74 Å². The van der Waals surface area contributed by atoms with Gasteiger partial charge in [-0.15, -0.1) is 0 Å². The number of ether oxygens (including phenoxy) is 1. The van der Waals surface area contributed by atoms with Gasteiger partial charge in [-0.05, 0) is 12.0 Å². The largest absolute Gasteiger partial charge is 0.481 e. The number of amidine groups is 2. The molecule has 6 N–H and O–H groups in total. The van der Waals surface area contributed by atoms with Crippen molar-refractivity contribution in [1.29, 1.82) is 5.41 Å². The normalized spacial score (nSPS) is 16.8. The summed E-state index contributed by atoms with van der Waals surface area (Å²) in [6.07, 6.45) is 7.14. The Bertz CT molecular complexity index is 728. The zero-order chi connectivity index (χ0) is 20.7. The molecule has 0 amide bonds. The van der Waals surface area contributed by atoms with E-state index in [1.165, 1.54) is 19.3 Å². The summed E-state index contributed by atoms with van der Waals surface area (Å²) in [5.74, 6) is 3.52. The molecule has 0 fully saturated rings. The minimum atomic E-state index is 0.00947. The van der Waals surface area contributed by atoms with Gasteiger partial charge in [0.15, 0.2) is 11.7 Å². The van der Waals surface area contributed by atoms with Crippen LogP contribution in [-0.4, -0.2) is 36.2 Å². The number of hydrazone groups is 1. The molecule has 2 rings (SSSR count). The number of rotatable bonds is 9. The lowest BCUT2D eigenvalue weighted by Crippen LogP contribution is -2.47. The molecule has 2 aliphatic rings. The Kier molecular flexibility index (Phi) is 7.48. The number of nitrogens with one attached hydrogen (secondary N) is 4. The van der Waals surface area contributed by atoms with Gasteiger partial charge in [-0.2, -0.15) is 5.10 Å². The van der Waals surface area contributed by atoms with Crippen LogP contribution < -0.4 is 21.9 Å². The van der Waals surface area contributed by atoms with Crippen LogP contribution in [-0.2, 0) is 4.74 Å². The molecule has 0 bridgehead atoms. The van der Waals surface area contributed by atoms with E-state index in [0.29, 0.717) is 11.6 Å². The molecular weight excluding hydrogens is 356 g/mol. The van der Waals surface area contributed by atoms with Gasteiger partial charge in [0.05, 0.1) is 7.11 Å². The monoisotopic (exact) mass is 388 g/mol. The molecule has 0 aromatic rings. The summed E-state index contributed by atoms with van der Waals surface area (Å²) in [5, 5.41) is 17.3. The van der Waals surface area contributed by atoms with Crippen LogP contribution in [0.15, 0.2) is 45.7 Å². The fourth-order valence-corrected chi connectivity index (χ4v) is 2.77. The second-order valence-electron chi connectivity index (χ2n) is 6.98. The third kappa shape index (κ3) is 5.28. The maximum atomic E-state index is 7.50. The first-order valence-corrected chi connectivity index (χ1v) is 9.64. The van der Waals surface area contributed by atoms with E-state index >= 15 is 0 Å². The highest BCUT2D eigenvalue weighted by Crippen LogP contribution is 2.23. The fraction of sp³-hybridized carbons (Fsp3) is 0.526. The second-order valence-corrected chi connectivity index (χ2v) is 6.98. The average Bonchev–Trinajstić information content (AvgIpc) is 3.11. The third-order valence-electron chi connectivity index (χ3n) is 4.61. The van der Waals surface area contributed by atoms with Crippen molar-refractivity contribution in [1.82, 2.24) is 21.2 Å². The maximum absolute atomic E-state index is 7.50. The van der Waals surface area contributed by atoms with Crippen molar-refractivity contribution >= 4 is 17.6 Å². The van der Waals surface area contributed by atoms with Crippen LogP contribution in [0.25, 0.3) is 0 Å². The van der Waals surface area contributed by atoms with Gasteiger partial charge in [-0.1, -0.05) is 40.5 Å². The van der Waals surface area contributed by atoms with Gasteiger partial charge in [0.25, 0.3) is 0 Å². The van der Waals surface area contributed by atoms with Crippen LogP contribution >= 0.6 is 0 Å². The second kappa shape index (κ2) is 9.82. The van der Waals surface area contributed by atoms with E-state index in [1.54, 1.807) is 0 Å². The summed E-state index contributed by atoms with van der Waals surface area (Å²) in [4.78, 5) is 4.50. The number of allylic oxidation sites excluding steroid dienone is 1. The first-order chi connectivity index (χ1) is 13.4. The molecule has 28 heavy (non-hydrogen) atoms. The van der Waals surface area contributed by atoms with E-state index in [2.05, 4.69) is 54.0 Å². The Morgan fingerprint density at radius 3 is 2.71 bits per heavy atom. The molecule has 9 heteroatoms. The Morgan fingerprint density at radius 2 is 2.11 bits per heavy atom. The summed E-state index contributed by atoms with van der Waals surface area (Å²) < 4.78 is 4.80. The molecule has 2 heterocycles. The topological polar surface area (TPSA) is 123 Å². The summed E-state index contributed by atoms with van der Waals surface area (Å²) in [6.45, 7) is 9.43. The molecule has 0 radical (unpaired) electrons. The van der Waals surface area contributed by atoms with E-state index in [1.807, 2.05) is 11.1 Å². The maximum Gasteiger partial charge on any atom is 0.205 e. The van der Waals surface area contributed by atoms with Gasteiger partial charge >= 0.3 is 0 Å². The number of nitrogens with two attached hydrogens (primary N) is 1. The smallest absolute Gasteiger partial charge is 0.205 e. The number of hydrogen-bond acceptors (Lipinski definition) is 8. The number of hydrazine groups is 1. The minimum absolute atomic E-state index is 0.00947. The van der Waals surface area contributed by atoms with E-state index < -0.39 is 0 Å². The zero-order valence-electron chi connectivity index (χ0n) is 17.3. The first-order valence-electron chi connectivity index (χ1n) is 9.64. The van der Waals surface area contributed by atoms with Crippen LogP contribution in [0.1, 0.15) is 40.5 Å². The van der Waals surface area contributed by atoms with E-state index in [4.69, 9.17) is 15.9 Å². The van der Waals surface area contributed by atoms with Crippen molar-refractivity contribution in [3.8, 4) is 0 Å². The molecule has 9 nitrogen and oxygen atoms in total. The van der Waals surface area contributed by atoms with Gasteiger partial charge in [-0.25, -0.2) is 10.0 Å². The molecule has 0 atom stereocenters. The van der Waals surface area contributed by atoms with Crippen molar-refractivity contribution in [2.24, 2.45) is 27.7 Å². The van der Waals surface area contributed by atoms with Gasteiger partial charge in [-0.3, -0.25) is 16.3 Å². The molecular formula is C19H32N8O. The van der Waals surface area contributed by atoms with Crippen LogP contribution in [0.2, 0.25) is 0 Å². The van der Waals surface area contributed by atoms with Gasteiger partial charge in [0.2, 0.25) is 5.90 Å². The fourth-order valence-electron chi connectivity index (χ4n) is 2.77. The van der Waals surface area contributed by atoms with Crippen molar-refractivity contribution in [3.63, 3.8) is 0 Å². The first kappa shape index (κ1) is 21.3. The van der Waals surface area contributed by atoms with E-state index in [9.17, 15) is 0 Å². The number of fused-ring (bicyclic) bond motifs is 1. The quantitative estimate of drug-likeness (QED) is 0.304. The molecule has 0 aromatic heterocycles. The Hall–Kier alpha value is -2.97. The number of aliphatic imine (C=N–C) groups is 1. The molecule has 0 saturated heterocycles. The molecule has 0 aliphatic carbocycles. The Labute approximate surface area is 167 Å². The predicted molar refractivity (Wildman–Crippen MR) is 113 cm³/mol. The number of methoxy groups -OCH3 is 1. The SMILES string of the molecule is CCC(CC)CNC1=CC(N=C(N)/C=C\C(=N)OC)=C2NN=C(C(C)C)N2N1. The van der Waals surface area contributed by atoms with Crippen LogP contribution in [0.4, 0.5) is 0 Å².